The van der Waals surface area contributed by atoms with Crippen LogP contribution >= 0.6 is 0 Å². The Bertz CT molecular complexity index is 2040. The maximum Gasteiger partial charge on any atom is 0.220 e. The minimum absolute atomic E-state index is 0.241. The lowest BCUT2D eigenvalue weighted by atomic mass is 9.97. The van der Waals surface area contributed by atoms with E-state index in [0.717, 1.165) is 103 Å². The second-order valence-corrected chi connectivity index (χ2v) is 26.0. The van der Waals surface area contributed by atoms with Crippen LogP contribution in [0.5, 0.6) is 0 Å². The van der Waals surface area contributed by atoms with Gasteiger partial charge in [0.15, 0.2) is 12.6 Å². The van der Waals surface area contributed by atoms with Crippen molar-refractivity contribution in [3.63, 3.8) is 0 Å². The number of hydrogen-bond donors (Lipinski definition) is 9. The zero-order valence-electron chi connectivity index (χ0n) is 58.9. The third kappa shape index (κ3) is 45.8. The Kier molecular flexibility index (Phi) is 57.8. The number of unbranched alkanes of at least 4 members (excludes halogenated alkanes) is 28. The summed E-state index contributed by atoms with van der Waals surface area (Å²) < 4.78 is 22.9. The molecule has 14 nitrogen and oxygen atoms in total. The van der Waals surface area contributed by atoms with Crippen LogP contribution in [0.1, 0.15) is 284 Å². The highest BCUT2D eigenvalue weighted by Gasteiger charge is 2.51. The van der Waals surface area contributed by atoms with Crippen LogP contribution < -0.4 is 5.32 Å². The van der Waals surface area contributed by atoms with Crippen molar-refractivity contribution in [1.29, 1.82) is 0 Å². The first kappa shape index (κ1) is 86.5. The molecule has 540 valence electrons. The molecule has 0 saturated carbocycles. The molecule has 0 bridgehead atoms. The van der Waals surface area contributed by atoms with Crippen molar-refractivity contribution in [3.8, 4) is 0 Å². The third-order valence-electron chi connectivity index (χ3n) is 17.7. The predicted molar refractivity (Wildman–Crippen MR) is 387 cm³/mol. The lowest BCUT2D eigenvalue weighted by Gasteiger charge is -2.46. The van der Waals surface area contributed by atoms with Gasteiger partial charge in [-0.15, -0.1) is 0 Å². The van der Waals surface area contributed by atoms with Crippen LogP contribution in [0.2, 0.25) is 0 Å². The number of amides is 1. The van der Waals surface area contributed by atoms with Gasteiger partial charge in [0.1, 0.15) is 48.8 Å². The van der Waals surface area contributed by atoms with E-state index in [-0.39, 0.29) is 18.9 Å². The molecule has 12 atom stereocenters. The third-order valence-corrected chi connectivity index (χ3v) is 17.7. The SMILES string of the molecule is CC/C=C\C/C=C\C/C=C\C/C=C\C/C=C\C/C=C\C/C=C\C/C=C\C/C=C\C/C=C\CCCCC(=O)NC(COC1OC(CO)C(OC2OC(CO)C(O)C(O)C2O)C(O)C1O)C(O)CCCCCCCCCCCCCCCCCCCCCCCCCCCCC. The van der Waals surface area contributed by atoms with Gasteiger partial charge in [0, 0.05) is 6.42 Å². The summed E-state index contributed by atoms with van der Waals surface area (Å²) in [6.07, 6.45) is 75.0. The van der Waals surface area contributed by atoms with Crippen LogP contribution in [0, 0.1) is 0 Å². The van der Waals surface area contributed by atoms with E-state index in [0.29, 0.717) is 12.8 Å². The predicted octanol–water partition coefficient (Wildman–Crippen LogP) is 16.5. The van der Waals surface area contributed by atoms with Crippen LogP contribution in [-0.4, -0.2) is 140 Å². The van der Waals surface area contributed by atoms with E-state index in [1.807, 2.05) is 0 Å². The fourth-order valence-electron chi connectivity index (χ4n) is 11.7. The Balaban J connectivity index is 1.68. The van der Waals surface area contributed by atoms with Gasteiger partial charge in [-0.1, -0.05) is 309 Å². The lowest BCUT2D eigenvalue weighted by Crippen LogP contribution is -2.65. The molecular weight excluding hydrogens is 1180 g/mol. The average molecular weight is 1320 g/mol. The van der Waals surface area contributed by atoms with Crippen LogP contribution in [-0.2, 0) is 23.7 Å². The Morgan fingerprint density at radius 1 is 0.394 bits per heavy atom. The number of hydrogen-bond acceptors (Lipinski definition) is 13. The highest BCUT2D eigenvalue weighted by Crippen LogP contribution is 2.30. The van der Waals surface area contributed by atoms with Gasteiger partial charge >= 0.3 is 0 Å². The number of aliphatic hydroxyl groups is 8. The molecule has 0 aromatic rings. The summed E-state index contributed by atoms with van der Waals surface area (Å²) in [7, 11) is 0. The molecular formula is C80H137NO13. The zero-order valence-corrected chi connectivity index (χ0v) is 58.9. The van der Waals surface area contributed by atoms with Crippen LogP contribution in [0.4, 0.5) is 0 Å². The first-order valence-corrected chi connectivity index (χ1v) is 37.8. The summed E-state index contributed by atoms with van der Waals surface area (Å²) >= 11 is 0. The molecule has 2 aliphatic rings. The molecule has 0 aromatic heterocycles. The van der Waals surface area contributed by atoms with Gasteiger partial charge in [-0.05, 0) is 89.9 Å². The molecule has 2 rings (SSSR count). The van der Waals surface area contributed by atoms with Gasteiger partial charge in [-0.2, -0.15) is 0 Å². The maximum atomic E-state index is 13.4. The van der Waals surface area contributed by atoms with Crippen molar-refractivity contribution >= 4 is 5.91 Å². The van der Waals surface area contributed by atoms with Gasteiger partial charge in [-0.3, -0.25) is 4.79 Å². The summed E-state index contributed by atoms with van der Waals surface area (Å²) in [6.45, 7) is 2.74. The lowest BCUT2D eigenvalue weighted by molar-refractivity contribution is -0.359. The summed E-state index contributed by atoms with van der Waals surface area (Å²) in [5.74, 6) is -0.250. The molecule has 1 amide bonds. The van der Waals surface area contributed by atoms with E-state index in [4.69, 9.17) is 18.9 Å². The Hall–Kier alpha value is -3.61. The number of carbonyl (C=O) groups is 1. The van der Waals surface area contributed by atoms with Crippen LogP contribution in [0.3, 0.4) is 0 Å². The number of allylic oxidation sites excluding steroid dienone is 20. The van der Waals surface area contributed by atoms with Gasteiger partial charge < -0.3 is 65.1 Å². The normalized spacial score (nSPS) is 23.2. The molecule has 9 N–H and O–H groups in total. The Labute approximate surface area is 571 Å². The Morgan fingerprint density at radius 3 is 1.11 bits per heavy atom. The topological polar surface area (TPSA) is 228 Å². The molecule has 0 aromatic carbocycles. The molecule has 0 aliphatic carbocycles. The van der Waals surface area contributed by atoms with E-state index in [9.17, 15) is 45.6 Å². The Morgan fingerprint density at radius 2 is 0.734 bits per heavy atom. The molecule has 2 fully saturated rings. The fraction of sp³-hybridized carbons (Fsp3) is 0.738. The quantitative estimate of drug-likeness (QED) is 0.0204. The van der Waals surface area contributed by atoms with E-state index in [1.54, 1.807) is 0 Å². The first-order valence-electron chi connectivity index (χ1n) is 37.8. The minimum atomic E-state index is -1.79. The van der Waals surface area contributed by atoms with Crippen LogP contribution in [0.25, 0.3) is 0 Å². The fourth-order valence-corrected chi connectivity index (χ4v) is 11.7. The number of rotatable bonds is 61. The summed E-state index contributed by atoms with van der Waals surface area (Å²) in [5, 5.41) is 87.7. The van der Waals surface area contributed by atoms with E-state index >= 15 is 0 Å². The largest absolute Gasteiger partial charge is 0.394 e. The van der Waals surface area contributed by atoms with Gasteiger partial charge in [0.05, 0.1) is 32.0 Å². The standard InChI is InChI=1S/C80H137NO13/c1-3-5-7-9-11-13-15-17-19-21-23-25-27-29-31-32-33-34-35-36-38-40-42-44-46-48-50-52-54-56-58-60-62-64-72(85)81-68(67-91-79-77(90)75(88)78(71(66-83)93-79)94-80-76(89)74(87)73(86)70(65-82)92-80)69(84)63-61-59-57-55-53-51-49-47-45-43-41-39-37-30-28-26-24-22-20-18-16-14-12-10-8-6-4-2/h5,7,11,13,17,19,23,25,29,31,33-34,36,38,42,44,48,50,54,56,68-71,73-80,82-84,86-90H,3-4,6,8-10,12,14-16,18,20-22,24,26-28,30,32,35,37,39-41,43,45-47,49,51-53,55,57-67H2,1-2H3,(H,81,85)/b7-5-,13-11-,19-17-,25-23-,31-29-,34-33-,38-36-,44-42-,50-48-,56-54-. The minimum Gasteiger partial charge on any atom is -0.394 e. The summed E-state index contributed by atoms with van der Waals surface area (Å²) in [5.41, 5.74) is 0. The monoisotopic (exact) mass is 1320 g/mol. The molecule has 12 unspecified atom stereocenters. The van der Waals surface area contributed by atoms with E-state index in [2.05, 4.69) is 141 Å². The summed E-state index contributed by atoms with van der Waals surface area (Å²) in [6, 6.07) is -0.864. The van der Waals surface area contributed by atoms with Crippen molar-refractivity contribution in [2.75, 3.05) is 19.8 Å². The maximum absolute atomic E-state index is 13.4. The molecule has 14 heteroatoms. The number of ether oxygens (including phenoxy) is 4. The average Bonchev–Trinajstić information content (AvgIpc) is 0.794. The zero-order chi connectivity index (χ0) is 68.0. The van der Waals surface area contributed by atoms with Gasteiger partial charge in [-0.25, -0.2) is 0 Å². The van der Waals surface area contributed by atoms with E-state index < -0.39 is 86.8 Å². The number of carbonyl (C=O) groups excluding carboxylic acids is 1. The molecule has 2 saturated heterocycles. The number of aliphatic hydroxyl groups excluding tert-OH is 8. The molecule has 0 spiro atoms. The molecule has 2 aliphatic heterocycles. The highest BCUT2D eigenvalue weighted by atomic mass is 16.7. The molecule has 94 heavy (non-hydrogen) atoms. The first-order chi connectivity index (χ1) is 46.1. The van der Waals surface area contributed by atoms with Crippen molar-refractivity contribution in [3.05, 3.63) is 122 Å². The van der Waals surface area contributed by atoms with E-state index in [1.165, 1.54) is 148 Å². The van der Waals surface area contributed by atoms with Crippen molar-refractivity contribution in [2.24, 2.45) is 0 Å². The van der Waals surface area contributed by atoms with Crippen LogP contribution in [0.15, 0.2) is 122 Å². The smallest absolute Gasteiger partial charge is 0.220 e. The number of nitrogens with one attached hydrogen (secondary N) is 1. The van der Waals surface area contributed by atoms with Crippen molar-refractivity contribution < 1.29 is 64.6 Å². The molecule has 2 heterocycles. The second-order valence-electron chi connectivity index (χ2n) is 26.0. The van der Waals surface area contributed by atoms with Gasteiger partial charge in [0.2, 0.25) is 5.91 Å². The van der Waals surface area contributed by atoms with Crippen molar-refractivity contribution in [1.82, 2.24) is 5.32 Å². The van der Waals surface area contributed by atoms with Gasteiger partial charge in [0.25, 0.3) is 0 Å². The summed E-state index contributed by atoms with van der Waals surface area (Å²) in [4.78, 5) is 13.4. The van der Waals surface area contributed by atoms with Crippen molar-refractivity contribution in [2.45, 2.75) is 357 Å². The second kappa shape index (κ2) is 62.9. The molecule has 0 radical (unpaired) electrons. The highest BCUT2D eigenvalue weighted by molar-refractivity contribution is 5.76.